The van der Waals surface area contributed by atoms with Gasteiger partial charge in [-0.2, -0.15) is 0 Å². The average molecular weight is 256 g/mol. The maximum Gasteiger partial charge on any atom is 0.0558 e. The molecule has 0 amide bonds. The van der Waals surface area contributed by atoms with Gasteiger partial charge in [0.2, 0.25) is 0 Å². The van der Waals surface area contributed by atoms with Crippen LogP contribution in [0.2, 0.25) is 0 Å². The predicted octanol–water partition coefficient (Wildman–Crippen LogP) is 2.20. The maximum absolute atomic E-state index is 9.00. The van der Waals surface area contributed by atoms with Crippen LogP contribution in [-0.4, -0.2) is 60.3 Å². The summed E-state index contributed by atoms with van der Waals surface area (Å²) in [5.74, 6) is 0.827. The van der Waals surface area contributed by atoms with E-state index in [4.69, 9.17) is 5.11 Å². The first-order chi connectivity index (χ1) is 8.74. The second-order valence-electron chi connectivity index (χ2n) is 5.67. The third-order valence-corrected chi connectivity index (χ3v) is 4.13. The molecular formula is C15H32N2O. The van der Waals surface area contributed by atoms with Crippen molar-refractivity contribution in [2.24, 2.45) is 5.92 Å². The van der Waals surface area contributed by atoms with Crippen LogP contribution in [-0.2, 0) is 0 Å². The minimum absolute atomic E-state index is 0.290. The quantitative estimate of drug-likeness (QED) is 0.649. The van der Waals surface area contributed by atoms with E-state index in [0.29, 0.717) is 6.61 Å². The molecule has 0 unspecified atom stereocenters. The number of aliphatic hydroxyl groups is 1. The molecule has 3 nitrogen and oxygen atoms in total. The van der Waals surface area contributed by atoms with E-state index in [1.54, 1.807) is 0 Å². The first-order valence-corrected chi connectivity index (χ1v) is 7.82. The van der Waals surface area contributed by atoms with Crippen LogP contribution < -0.4 is 0 Å². The van der Waals surface area contributed by atoms with Crippen molar-refractivity contribution in [1.82, 2.24) is 9.80 Å². The molecule has 1 rings (SSSR count). The van der Waals surface area contributed by atoms with E-state index in [-0.39, 0.29) is 0 Å². The summed E-state index contributed by atoms with van der Waals surface area (Å²) < 4.78 is 0. The fourth-order valence-corrected chi connectivity index (χ4v) is 3.08. The smallest absolute Gasteiger partial charge is 0.0558 e. The van der Waals surface area contributed by atoms with Gasteiger partial charge in [-0.25, -0.2) is 0 Å². The van der Waals surface area contributed by atoms with Crippen molar-refractivity contribution in [3.8, 4) is 0 Å². The van der Waals surface area contributed by atoms with Crippen LogP contribution in [0.3, 0.4) is 0 Å². The molecule has 108 valence electrons. The van der Waals surface area contributed by atoms with Crippen LogP contribution in [0.4, 0.5) is 0 Å². The Morgan fingerprint density at radius 3 is 2.22 bits per heavy atom. The largest absolute Gasteiger partial charge is 0.395 e. The van der Waals surface area contributed by atoms with Gasteiger partial charge in [0.05, 0.1) is 6.61 Å². The maximum atomic E-state index is 9.00. The van der Waals surface area contributed by atoms with Crippen molar-refractivity contribution >= 4 is 0 Å². The Morgan fingerprint density at radius 2 is 1.78 bits per heavy atom. The molecule has 0 atom stereocenters. The van der Waals surface area contributed by atoms with Gasteiger partial charge < -0.3 is 10.0 Å². The van der Waals surface area contributed by atoms with Gasteiger partial charge in [0.1, 0.15) is 0 Å². The summed E-state index contributed by atoms with van der Waals surface area (Å²) in [4.78, 5) is 5.04. The van der Waals surface area contributed by atoms with E-state index in [1.807, 2.05) is 0 Å². The number of nitrogens with zero attached hydrogens (tertiary/aromatic N) is 2. The Kier molecular flexibility index (Phi) is 7.87. The Balaban J connectivity index is 2.24. The number of hydrogen-bond acceptors (Lipinski definition) is 3. The topological polar surface area (TPSA) is 26.7 Å². The van der Waals surface area contributed by atoms with E-state index in [1.165, 1.54) is 45.3 Å². The van der Waals surface area contributed by atoms with Gasteiger partial charge in [0.25, 0.3) is 0 Å². The van der Waals surface area contributed by atoms with E-state index < -0.39 is 0 Å². The SMILES string of the molecule is CCCC(CCC)N1CC(CN(CC)CCO)C1. The predicted molar refractivity (Wildman–Crippen MR) is 77.9 cm³/mol. The zero-order chi connectivity index (χ0) is 13.4. The highest BCUT2D eigenvalue weighted by Gasteiger charge is 2.31. The summed E-state index contributed by atoms with van der Waals surface area (Å²) in [6, 6.07) is 0.823. The summed E-state index contributed by atoms with van der Waals surface area (Å²) in [6.45, 7) is 12.7. The van der Waals surface area contributed by atoms with Crippen molar-refractivity contribution < 1.29 is 5.11 Å². The van der Waals surface area contributed by atoms with E-state index in [0.717, 1.165) is 25.0 Å². The van der Waals surface area contributed by atoms with Crippen molar-refractivity contribution in [3.63, 3.8) is 0 Å². The van der Waals surface area contributed by atoms with E-state index in [2.05, 4.69) is 30.6 Å². The molecular weight excluding hydrogens is 224 g/mol. The molecule has 0 spiro atoms. The molecule has 3 heteroatoms. The number of likely N-dealkylation sites (tertiary alicyclic amines) is 1. The summed E-state index contributed by atoms with van der Waals surface area (Å²) in [6.07, 6.45) is 5.32. The van der Waals surface area contributed by atoms with E-state index >= 15 is 0 Å². The normalized spacial score (nSPS) is 17.7. The van der Waals surface area contributed by atoms with Crippen LogP contribution in [0.25, 0.3) is 0 Å². The van der Waals surface area contributed by atoms with Crippen LogP contribution in [0.15, 0.2) is 0 Å². The minimum Gasteiger partial charge on any atom is -0.395 e. The van der Waals surface area contributed by atoms with Gasteiger partial charge in [0, 0.05) is 32.2 Å². The number of hydrogen-bond donors (Lipinski definition) is 1. The zero-order valence-corrected chi connectivity index (χ0v) is 12.6. The standard InChI is InChI=1S/C15H32N2O/c1-4-7-15(8-5-2)17-12-14(13-17)11-16(6-3)9-10-18/h14-15,18H,4-13H2,1-3H3. The molecule has 1 N–H and O–H groups in total. The Bertz CT molecular complexity index is 199. The molecule has 0 bridgehead atoms. The average Bonchev–Trinajstić information content (AvgIpc) is 2.31. The molecule has 0 saturated carbocycles. The molecule has 1 fully saturated rings. The minimum atomic E-state index is 0.290. The van der Waals surface area contributed by atoms with Gasteiger partial charge in [-0.15, -0.1) is 0 Å². The van der Waals surface area contributed by atoms with Crippen LogP contribution in [0.5, 0.6) is 0 Å². The van der Waals surface area contributed by atoms with Gasteiger partial charge in [-0.3, -0.25) is 4.90 Å². The first-order valence-electron chi connectivity index (χ1n) is 7.82. The lowest BCUT2D eigenvalue weighted by Gasteiger charge is -2.46. The van der Waals surface area contributed by atoms with Crippen molar-refractivity contribution in [1.29, 1.82) is 0 Å². The molecule has 18 heavy (non-hydrogen) atoms. The molecule has 0 aromatic rings. The number of likely N-dealkylation sites (N-methyl/N-ethyl adjacent to an activating group) is 1. The Hall–Kier alpha value is -0.120. The molecule has 0 aromatic carbocycles. The van der Waals surface area contributed by atoms with Gasteiger partial charge in [-0.05, 0) is 25.3 Å². The third kappa shape index (κ3) is 4.87. The van der Waals surface area contributed by atoms with Crippen molar-refractivity contribution in [2.75, 3.05) is 39.3 Å². The number of aliphatic hydroxyl groups excluding tert-OH is 1. The molecule has 1 heterocycles. The van der Waals surface area contributed by atoms with Crippen LogP contribution >= 0.6 is 0 Å². The first kappa shape index (κ1) is 15.9. The zero-order valence-electron chi connectivity index (χ0n) is 12.6. The monoisotopic (exact) mass is 256 g/mol. The second-order valence-corrected chi connectivity index (χ2v) is 5.67. The van der Waals surface area contributed by atoms with Crippen LogP contribution in [0, 0.1) is 5.92 Å². The number of rotatable bonds is 10. The lowest BCUT2D eigenvalue weighted by atomic mass is 9.93. The lowest BCUT2D eigenvalue weighted by molar-refractivity contribution is 0.0217. The Labute approximate surface area is 113 Å². The lowest BCUT2D eigenvalue weighted by Crippen LogP contribution is -2.55. The molecule has 0 radical (unpaired) electrons. The molecule has 1 aliphatic rings. The van der Waals surface area contributed by atoms with Gasteiger partial charge >= 0.3 is 0 Å². The molecule has 1 aliphatic heterocycles. The molecule has 0 aromatic heterocycles. The fourth-order valence-electron chi connectivity index (χ4n) is 3.08. The highest BCUT2D eigenvalue weighted by Crippen LogP contribution is 2.24. The van der Waals surface area contributed by atoms with Gasteiger partial charge in [0.15, 0.2) is 0 Å². The molecule has 0 aliphatic carbocycles. The fraction of sp³-hybridized carbons (Fsp3) is 1.00. The Morgan fingerprint density at radius 1 is 1.17 bits per heavy atom. The second kappa shape index (κ2) is 8.89. The summed E-state index contributed by atoms with van der Waals surface area (Å²) in [5, 5.41) is 9.00. The van der Waals surface area contributed by atoms with E-state index in [9.17, 15) is 0 Å². The van der Waals surface area contributed by atoms with Crippen LogP contribution in [0.1, 0.15) is 46.5 Å². The third-order valence-electron chi connectivity index (χ3n) is 4.13. The summed E-state index contributed by atoms with van der Waals surface area (Å²) in [7, 11) is 0. The van der Waals surface area contributed by atoms with Gasteiger partial charge in [-0.1, -0.05) is 33.6 Å². The summed E-state index contributed by atoms with van der Waals surface area (Å²) in [5.41, 5.74) is 0. The molecule has 1 saturated heterocycles. The highest BCUT2D eigenvalue weighted by molar-refractivity contribution is 4.86. The van der Waals surface area contributed by atoms with Crippen molar-refractivity contribution in [2.45, 2.75) is 52.5 Å². The highest BCUT2D eigenvalue weighted by atomic mass is 16.3. The summed E-state index contributed by atoms with van der Waals surface area (Å²) >= 11 is 0. The van der Waals surface area contributed by atoms with Crippen molar-refractivity contribution in [3.05, 3.63) is 0 Å².